The SMILES string of the molecule is CCN(CCCCCO)C1(CN)CCCC1. The van der Waals surface area contributed by atoms with Crippen LogP contribution in [0.1, 0.15) is 51.9 Å². The highest BCUT2D eigenvalue weighted by molar-refractivity contribution is 4.95. The number of hydrogen-bond donors (Lipinski definition) is 2. The fourth-order valence-corrected chi connectivity index (χ4v) is 3.00. The number of aliphatic hydroxyl groups excluding tert-OH is 1. The fraction of sp³-hybridized carbons (Fsp3) is 1.00. The lowest BCUT2D eigenvalue weighted by Gasteiger charge is -2.40. The minimum absolute atomic E-state index is 0.300. The molecule has 96 valence electrons. The summed E-state index contributed by atoms with van der Waals surface area (Å²) in [5.74, 6) is 0. The van der Waals surface area contributed by atoms with E-state index < -0.39 is 0 Å². The lowest BCUT2D eigenvalue weighted by molar-refractivity contribution is 0.102. The summed E-state index contributed by atoms with van der Waals surface area (Å²) in [6.07, 6.45) is 8.49. The van der Waals surface area contributed by atoms with Crippen LogP contribution in [0.3, 0.4) is 0 Å². The van der Waals surface area contributed by atoms with E-state index in [-0.39, 0.29) is 0 Å². The van der Waals surface area contributed by atoms with Gasteiger partial charge in [0.25, 0.3) is 0 Å². The van der Waals surface area contributed by atoms with Crippen molar-refractivity contribution in [2.24, 2.45) is 5.73 Å². The van der Waals surface area contributed by atoms with Gasteiger partial charge in [0.2, 0.25) is 0 Å². The van der Waals surface area contributed by atoms with Crippen LogP contribution in [0.15, 0.2) is 0 Å². The van der Waals surface area contributed by atoms with Crippen LogP contribution in [0.4, 0.5) is 0 Å². The second-order valence-electron chi connectivity index (χ2n) is 5.00. The first-order chi connectivity index (χ1) is 7.79. The molecule has 1 fully saturated rings. The molecule has 0 heterocycles. The maximum absolute atomic E-state index is 8.76. The third-order valence-electron chi connectivity index (χ3n) is 4.05. The molecule has 0 aliphatic heterocycles. The third-order valence-corrected chi connectivity index (χ3v) is 4.05. The smallest absolute Gasteiger partial charge is 0.0431 e. The van der Waals surface area contributed by atoms with Crippen molar-refractivity contribution in [2.75, 3.05) is 26.2 Å². The van der Waals surface area contributed by atoms with Gasteiger partial charge in [-0.05, 0) is 45.2 Å². The van der Waals surface area contributed by atoms with E-state index in [1.165, 1.54) is 32.1 Å². The second kappa shape index (κ2) is 7.25. The van der Waals surface area contributed by atoms with E-state index >= 15 is 0 Å². The van der Waals surface area contributed by atoms with Crippen molar-refractivity contribution in [3.05, 3.63) is 0 Å². The molecule has 0 saturated heterocycles. The van der Waals surface area contributed by atoms with Gasteiger partial charge >= 0.3 is 0 Å². The molecule has 1 aliphatic rings. The Bertz CT molecular complexity index is 179. The zero-order valence-electron chi connectivity index (χ0n) is 10.7. The van der Waals surface area contributed by atoms with E-state index in [0.717, 1.165) is 32.5 Å². The summed E-state index contributed by atoms with van der Waals surface area (Å²) in [6, 6.07) is 0. The monoisotopic (exact) mass is 228 g/mol. The average Bonchev–Trinajstić information content (AvgIpc) is 2.79. The molecule has 0 unspecified atom stereocenters. The first-order valence-electron chi connectivity index (χ1n) is 6.85. The summed E-state index contributed by atoms with van der Waals surface area (Å²) in [5.41, 5.74) is 6.29. The van der Waals surface area contributed by atoms with Crippen LogP contribution in [0.5, 0.6) is 0 Å². The number of aliphatic hydroxyl groups is 1. The Morgan fingerprint density at radius 1 is 1.19 bits per heavy atom. The molecule has 3 nitrogen and oxygen atoms in total. The quantitative estimate of drug-likeness (QED) is 0.622. The van der Waals surface area contributed by atoms with Gasteiger partial charge in [-0.3, -0.25) is 4.90 Å². The third kappa shape index (κ3) is 3.44. The molecular formula is C13H28N2O. The summed E-state index contributed by atoms with van der Waals surface area (Å²) in [5, 5.41) is 8.76. The van der Waals surface area contributed by atoms with Gasteiger partial charge in [0.15, 0.2) is 0 Å². The van der Waals surface area contributed by atoms with Crippen molar-refractivity contribution in [3.63, 3.8) is 0 Å². The normalized spacial score (nSPS) is 19.5. The molecule has 3 N–H and O–H groups in total. The van der Waals surface area contributed by atoms with Crippen molar-refractivity contribution in [1.29, 1.82) is 0 Å². The number of nitrogens with zero attached hydrogens (tertiary/aromatic N) is 1. The Hall–Kier alpha value is -0.120. The van der Waals surface area contributed by atoms with Gasteiger partial charge in [0.05, 0.1) is 0 Å². The van der Waals surface area contributed by atoms with E-state index in [1.54, 1.807) is 0 Å². The van der Waals surface area contributed by atoms with Crippen LogP contribution in [0, 0.1) is 0 Å². The first kappa shape index (κ1) is 13.9. The second-order valence-corrected chi connectivity index (χ2v) is 5.00. The standard InChI is InChI=1S/C13H28N2O/c1-2-15(10-6-3-7-11-16)13(12-14)8-4-5-9-13/h16H,2-12,14H2,1H3. The van der Waals surface area contributed by atoms with E-state index in [1.807, 2.05) is 0 Å². The molecule has 0 aromatic rings. The van der Waals surface area contributed by atoms with Gasteiger partial charge in [0, 0.05) is 18.7 Å². The molecule has 0 amide bonds. The average molecular weight is 228 g/mol. The van der Waals surface area contributed by atoms with Gasteiger partial charge in [-0.15, -0.1) is 0 Å². The zero-order chi connectivity index (χ0) is 11.9. The van der Waals surface area contributed by atoms with Crippen molar-refractivity contribution in [1.82, 2.24) is 4.90 Å². The maximum Gasteiger partial charge on any atom is 0.0431 e. The summed E-state index contributed by atoms with van der Waals surface area (Å²) in [6.45, 7) is 5.63. The van der Waals surface area contributed by atoms with Gasteiger partial charge in [-0.25, -0.2) is 0 Å². The van der Waals surface area contributed by atoms with E-state index in [9.17, 15) is 0 Å². The van der Waals surface area contributed by atoms with E-state index in [0.29, 0.717) is 12.1 Å². The van der Waals surface area contributed by atoms with Crippen LogP contribution < -0.4 is 5.73 Å². The predicted molar refractivity (Wildman–Crippen MR) is 68.4 cm³/mol. The van der Waals surface area contributed by atoms with E-state index in [2.05, 4.69) is 11.8 Å². The Kier molecular flexibility index (Phi) is 6.32. The van der Waals surface area contributed by atoms with Gasteiger partial charge in [-0.2, -0.15) is 0 Å². The van der Waals surface area contributed by atoms with Crippen molar-refractivity contribution in [2.45, 2.75) is 57.4 Å². The van der Waals surface area contributed by atoms with E-state index in [4.69, 9.17) is 10.8 Å². The molecule has 0 atom stereocenters. The molecular weight excluding hydrogens is 200 g/mol. The zero-order valence-corrected chi connectivity index (χ0v) is 10.7. The molecule has 0 bridgehead atoms. The number of nitrogens with two attached hydrogens (primary N) is 1. The molecule has 1 aliphatic carbocycles. The molecule has 0 radical (unpaired) electrons. The van der Waals surface area contributed by atoms with Crippen LogP contribution in [-0.2, 0) is 0 Å². The predicted octanol–water partition coefficient (Wildman–Crippen LogP) is 1.74. The Morgan fingerprint density at radius 3 is 2.38 bits per heavy atom. The van der Waals surface area contributed by atoms with Crippen molar-refractivity contribution < 1.29 is 5.11 Å². The fourth-order valence-electron chi connectivity index (χ4n) is 3.00. The molecule has 1 rings (SSSR count). The topological polar surface area (TPSA) is 49.5 Å². The molecule has 0 aromatic heterocycles. The van der Waals surface area contributed by atoms with Crippen molar-refractivity contribution in [3.8, 4) is 0 Å². The number of likely N-dealkylation sites (N-methyl/N-ethyl adjacent to an activating group) is 1. The highest BCUT2D eigenvalue weighted by Crippen LogP contribution is 2.34. The molecule has 0 spiro atoms. The molecule has 0 aromatic carbocycles. The number of hydrogen-bond acceptors (Lipinski definition) is 3. The Morgan fingerprint density at radius 2 is 1.88 bits per heavy atom. The van der Waals surface area contributed by atoms with Crippen LogP contribution in [0.2, 0.25) is 0 Å². The lowest BCUT2D eigenvalue weighted by Crippen LogP contribution is -2.52. The lowest BCUT2D eigenvalue weighted by atomic mass is 9.94. The van der Waals surface area contributed by atoms with Crippen LogP contribution in [0.25, 0.3) is 0 Å². The minimum Gasteiger partial charge on any atom is -0.396 e. The summed E-state index contributed by atoms with van der Waals surface area (Å²) in [7, 11) is 0. The summed E-state index contributed by atoms with van der Waals surface area (Å²) in [4.78, 5) is 2.58. The number of unbranched alkanes of at least 4 members (excludes halogenated alkanes) is 2. The van der Waals surface area contributed by atoms with Crippen LogP contribution >= 0.6 is 0 Å². The molecule has 3 heteroatoms. The summed E-state index contributed by atoms with van der Waals surface area (Å²) >= 11 is 0. The summed E-state index contributed by atoms with van der Waals surface area (Å²) < 4.78 is 0. The van der Waals surface area contributed by atoms with Gasteiger partial charge in [-0.1, -0.05) is 19.8 Å². The Balaban J connectivity index is 2.38. The largest absolute Gasteiger partial charge is 0.396 e. The van der Waals surface area contributed by atoms with Gasteiger partial charge < -0.3 is 10.8 Å². The molecule has 16 heavy (non-hydrogen) atoms. The van der Waals surface area contributed by atoms with Gasteiger partial charge in [0.1, 0.15) is 0 Å². The molecule has 1 saturated carbocycles. The minimum atomic E-state index is 0.300. The van der Waals surface area contributed by atoms with Crippen LogP contribution in [-0.4, -0.2) is 41.8 Å². The maximum atomic E-state index is 8.76. The Labute approximate surface area is 100 Å². The number of rotatable bonds is 8. The highest BCUT2D eigenvalue weighted by atomic mass is 16.2. The highest BCUT2D eigenvalue weighted by Gasteiger charge is 2.36. The van der Waals surface area contributed by atoms with Crippen molar-refractivity contribution >= 4 is 0 Å². The first-order valence-corrected chi connectivity index (χ1v) is 6.85.